The van der Waals surface area contributed by atoms with E-state index in [0.29, 0.717) is 12.2 Å². The van der Waals surface area contributed by atoms with Gasteiger partial charge in [-0.25, -0.2) is 0 Å². The molecule has 0 spiro atoms. The van der Waals surface area contributed by atoms with Gasteiger partial charge in [-0.2, -0.15) is 5.26 Å². The Morgan fingerprint density at radius 3 is 2.33 bits per heavy atom. The van der Waals surface area contributed by atoms with Crippen LogP contribution in [0, 0.1) is 11.3 Å². The summed E-state index contributed by atoms with van der Waals surface area (Å²) in [4.78, 5) is 4.71. The van der Waals surface area contributed by atoms with Crippen LogP contribution >= 0.6 is 0 Å². The van der Waals surface area contributed by atoms with Crippen LogP contribution in [0.3, 0.4) is 0 Å². The summed E-state index contributed by atoms with van der Waals surface area (Å²) in [6.45, 7) is 6.76. The van der Waals surface area contributed by atoms with Gasteiger partial charge in [0.15, 0.2) is 0 Å². The van der Waals surface area contributed by atoms with E-state index in [1.807, 2.05) is 12.1 Å². The number of benzene rings is 1. The number of nitrogens with zero attached hydrogens (tertiary/aromatic N) is 3. The number of aliphatic hydroxyl groups excluding tert-OH is 1. The minimum Gasteiger partial charge on any atom is -0.492 e. The number of β-amino-alcohol motifs (C(OH)–C–C–N with tert-alkyl or cyclic N) is 1. The zero-order chi connectivity index (χ0) is 14.9. The van der Waals surface area contributed by atoms with Crippen LogP contribution in [0.1, 0.15) is 12.0 Å². The molecule has 1 fully saturated rings. The Labute approximate surface area is 126 Å². The number of nitriles is 1. The summed E-state index contributed by atoms with van der Waals surface area (Å²) in [7, 11) is 0. The molecule has 2 rings (SSSR count). The molecule has 5 nitrogen and oxygen atoms in total. The Balaban J connectivity index is 1.69. The lowest BCUT2D eigenvalue weighted by molar-refractivity contribution is 0.188. The van der Waals surface area contributed by atoms with E-state index in [1.54, 1.807) is 12.1 Å². The van der Waals surface area contributed by atoms with Gasteiger partial charge in [-0.15, -0.1) is 0 Å². The highest BCUT2D eigenvalue weighted by Gasteiger charge is 2.13. The summed E-state index contributed by atoms with van der Waals surface area (Å²) in [5.74, 6) is 0.811. The van der Waals surface area contributed by atoms with E-state index in [1.165, 1.54) is 0 Å². The maximum Gasteiger partial charge on any atom is 0.119 e. The fourth-order valence-corrected chi connectivity index (χ4v) is 2.53. The first-order valence-electron chi connectivity index (χ1n) is 7.50. The largest absolute Gasteiger partial charge is 0.492 e. The van der Waals surface area contributed by atoms with E-state index in [0.717, 1.165) is 51.4 Å². The Kier molecular flexibility index (Phi) is 6.48. The van der Waals surface area contributed by atoms with Crippen molar-refractivity contribution in [3.8, 4) is 11.8 Å². The van der Waals surface area contributed by atoms with Crippen molar-refractivity contribution >= 4 is 0 Å². The van der Waals surface area contributed by atoms with Gasteiger partial charge in [-0.3, -0.25) is 9.80 Å². The molecule has 1 heterocycles. The van der Waals surface area contributed by atoms with Crippen LogP contribution in [0.4, 0.5) is 0 Å². The standard InChI is InChI=1S/C16H23N3O2/c17-14-15-2-4-16(5-3-15)21-13-11-19-7-1-6-18(8-9-19)10-12-20/h2-5,20H,1,6-13H2. The Morgan fingerprint density at radius 1 is 1.05 bits per heavy atom. The molecule has 1 aromatic rings. The van der Waals surface area contributed by atoms with E-state index in [-0.39, 0.29) is 6.61 Å². The summed E-state index contributed by atoms with van der Waals surface area (Å²) in [6, 6.07) is 9.32. The molecular formula is C16H23N3O2. The molecule has 0 saturated carbocycles. The predicted octanol–water partition coefficient (Wildman–Crippen LogP) is 0.937. The summed E-state index contributed by atoms with van der Waals surface area (Å²) in [5.41, 5.74) is 0.652. The van der Waals surface area contributed by atoms with Gasteiger partial charge < -0.3 is 9.84 Å². The quantitative estimate of drug-likeness (QED) is 0.844. The average Bonchev–Trinajstić information content (AvgIpc) is 2.74. The fraction of sp³-hybridized carbons (Fsp3) is 0.562. The summed E-state index contributed by atoms with van der Waals surface area (Å²) in [5, 5.41) is 17.7. The van der Waals surface area contributed by atoms with Crippen LogP contribution in [0.2, 0.25) is 0 Å². The number of ether oxygens (including phenoxy) is 1. The zero-order valence-corrected chi connectivity index (χ0v) is 12.4. The van der Waals surface area contributed by atoms with Gasteiger partial charge in [0, 0.05) is 26.2 Å². The van der Waals surface area contributed by atoms with Gasteiger partial charge in [0.1, 0.15) is 12.4 Å². The molecular weight excluding hydrogens is 266 g/mol. The molecule has 0 atom stereocenters. The molecule has 0 aromatic heterocycles. The minimum absolute atomic E-state index is 0.238. The van der Waals surface area contributed by atoms with Crippen molar-refractivity contribution in [3.05, 3.63) is 29.8 Å². The summed E-state index contributed by atoms with van der Waals surface area (Å²) in [6.07, 6.45) is 1.14. The lowest BCUT2D eigenvalue weighted by Crippen LogP contribution is -2.34. The molecule has 1 N–H and O–H groups in total. The molecule has 1 aromatic carbocycles. The van der Waals surface area contributed by atoms with E-state index in [9.17, 15) is 0 Å². The lowest BCUT2D eigenvalue weighted by atomic mass is 10.2. The maximum atomic E-state index is 8.99. The fourth-order valence-electron chi connectivity index (χ4n) is 2.53. The predicted molar refractivity (Wildman–Crippen MR) is 81.2 cm³/mol. The number of aliphatic hydroxyl groups is 1. The average molecular weight is 289 g/mol. The van der Waals surface area contributed by atoms with Crippen LogP contribution in [0.25, 0.3) is 0 Å². The van der Waals surface area contributed by atoms with Gasteiger partial charge in [-0.05, 0) is 43.8 Å². The smallest absolute Gasteiger partial charge is 0.119 e. The second-order valence-corrected chi connectivity index (χ2v) is 5.25. The van der Waals surface area contributed by atoms with E-state index in [2.05, 4.69) is 15.9 Å². The van der Waals surface area contributed by atoms with Crippen LogP contribution in [0.15, 0.2) is 24.3 Å². The second kappa shape index (κ2) is 8.63. The molecule has 0 radical (unpaired) electrons. The molecule has 5 heteroatoms. The van der Waals surface area contributed by atoms with Crippen molar-refractivity contribution < 1.29 is 9.84 Å². The Morgan fingerprint density at radius 2 is 1.71 bits per heavy atom. The first-order chi connectivity index (χ1) is 10.3. The Bertz CT molecular complexity index is 456. The molecule has 0 amide bonds. The number of hydrogen-bond acceptors (Lipinski definition) is 5. The van der Waals surface area contributed by atoms with Crippen molar-refractivity contribution in [1.29, 1.82) is 5.26 Å². The molecule has 1 aliphatic heterocycles. The van der Waals surface area contributed by atoms with E-state index in [4.69, 9.17) is 15.1 Å². The minimum atomic E-state index is 0.238. The Hall–Kier alpha value is -1.61. The third-order valence-electron chi connectivity index (χ3n) is 3.76. The first-order valence-corrected chi connectivity index (χ1v) is 7.50. The maximum absolute atomic E-state index is 8.99. The molecule has 1 aliphatic rings. The van der Waals surface area contributed by atoms with Gasteiger partial charge >= 0.3 is 0 Å². The monoisotopic (exact) mass is 289 g/mol. The van der Waals surface area contributed by atoms with E-state index < -0.39 is 0 Å². The molecule has 0 unspecified atom stereocenters. The molecule has 0 aliphatic carbocycles. The van der Waals surface area contributed by atoms with Gasteiger partial charge in [-0.1, -0.05) is 0 Å². The number of rotatable bonds is 6. The normalized spacial score (nSPS) is 17.1. The van der Waals surface area contributed by atoms with Crippen LogP contribution in [0.5, 0.6) is 5.75 Å². The van der Waals surface area contributed by atoms with Crippen molar-refractivity contribution in [2.75, 3.05) is 52.5 Å². The van der Waals surface area contributed by atoms with E-state index >= 15 is 0 Å². The molecule has 114 valence electrons. The molecule has 0 bridgehead atoms. The summed E-state index contributed by atoms with van der Waals surface area (Å²) < 4.78 is 5.72. The van der Waals surface area contributed by atoms with Crippen LogP contribution in [-0.2, 0) is 0 Å². The lowest BCUT2D eigenvalue weighted by Gasteiger charge is -2.21. The SMILES string of the molecule is N#Cc1ccc(OCCN2CCCN(CCO)CC2)cc1. The highest BCUT2D eigenvalue weighted by atomic mass is 16.5. The second-order valence-electron chi connectivity index (χ2n) is 5.25. The number of hydrogen-bond donors (Lipinski definition) is 1. The van der Waals surface area contributed by atoms with Gasteiger partial charge in [0.05, 0.1) is 18.2 Å². The first kappa shape index (κ1) is 15.8. The highest BCUT2D eigenvalue weighted by Crippen LogP contribution is 2.11. The highest BCUT2D eigenvalue weighted by molar-refractivity contribution is 5.34. The third kappa shape index (κ3) is 5.35. The van der Waals surface area contributed by atoms with Gasteiger partial charge in [0.2, 0.25) is 0 Å². The molecule has 1 saturated heterocycles. The summed E-state index contributed by atoms with van der Waals surface area (Å²) >= 11 is 0. The van der Waals surface area contributed by atoms with Crippen molar-refractivity contribution in [2.24, 2.45) is 0 Å². The molecule has 21 heavy (non-hydrogen) atoms. The van der Waals surface area contributed by atoms with Crippen molar-refractivity contribution in [2.45, 2.75) is 6.42 Å². The third-order valence-corrected chi connectivity index (χ3v) is 3.76. The topological polar surface area (TPSA) is 59.7 Å². The van der Waals surface area contributed by atoms with Crippen molar-refractivity contribution in [1.82, 2.24) is 9.80 Å². The van der Waals surface area contributed by atoms with Crippen LogP contribution < -0.4 is 4.74 Å². The van der Waals surface area contributed by atoms with Crippen LogP contribution in [-0.4, -0.2) is 67.4 Å². The van der Waals surface area contributed by atoms with Crippen molar-refractivity contribution in [3.63, 3.8) is 0 Å². The van der Waals surface area contributed by atoms with Gasteiger partial charge in [0.25, 0.3) is 0 Å². The zero-order valence-electron chi connectivity index (χ0n) is 12.4.